The molecule has 16 heavy (non-hydrogen) atoms. The molecule has 0 aromatic heterocycles. The SMILES string of the molecule is CC(C)(N)C(=O)N1CCC2(CCOCC2)C1. The third-order valence-electron chi connectivity index (χ3n) is 3.83. The molecule has 0 aromatic rings. The number of nitrogens with two attached hydrogens (primary N) is 1. The van der Waals surface area contributed by atoms with Gasteiger partial charge in [0, 0.05) is 26.3 Å². The van der Waals surface area contributed by atoms with Crippen molar-refractivity contribution in [1.29, 1.82) is 0 Å². The van der Waals surface area contributed by atoms with Crippen molar-refractivity contribution < 1.29 is 9.53 Å². The van der Waals surface area contributed by atoms with Gasteiger partial charge in [-0.05, 0) is 38.5 Å². The zero-order valence-corrected chi connectivity index (χ0v) is 10.3. The summed E-state index contributed by atoms with van der Waals surface area (Å²) in [5, 5.41) is 0. The molecular weight excluding hydrogens is 204 g/mol. The first-order valence-corrected chi connectivity index (χ1v) is 6.09. The van der Waals surface area contributed by atoms with Crippen LogP contribution in [0.5, 0.6) is 0 Å². The summed E-state index contributed by atoms with van der Waals surface area (Å²) in [6.07, 6.45) is 3.28. The lowest BCUT2D eigenvalue weighted by Crippen LogP contribution is -2.51. The van der Waals surface area contributed by atoms with Gasteiger partial charge in [0.1, 0.15) is 0 Å². The second kappa shape index (κ2) is 4.00. The predicted molar refractivity (Wildman–Crippen MR) is 61.9 cm³/mol. The molecule has 2 aliphatic heterocycles. The summed E-state index contributed by atoms with van der Waals surface area (Å²) >= 11 is 0. The third-order valence-corrected chi connectivity index (χ3v) is 3.83. The fourth-order valence-corrected chi connectivity index (χ4v) is 2.73. The normalized spacial score (nSPS) is 25.1. The quantitative estimate of drug-likeness (QED) is 0.718. The Hall–Kier alpha value is -0.610. The number of ether oxygens (including phenoxy) is 1. The molecule has 0 bridgehead atoms. The molecule has 0 aliphatic carbocycles. The number of carbonyl (C=O) groups is 1. The molecule has 4 heteroatoms. The maximum Gasteiger partial charge on any atom is 0.242 e. The first-order chi connectivity index (χ1) is 7.43. The second-order valence-corrected chi connectivity index (χ2v) is 5.81. The Morgan fingerprint density at radius 3 is 2.50 bits per heavy atom. The average molecular weight is 226 g/mol. The van der Waals surface area contributed by atoms with Gasteiger partial charge in [0.25, 0.3) is 0 Å². The van der Waals surface area contributed by atoms with E-state index >= 15 is 0 Å². The number of likely N-dealkylation sites (tertiary alicyclic amines) is 1. The van der Waals surface area contributed by atoms with Crippen molar-refractivity contribution in [2.75, 3.05) is 26.3 Å². The van der Waals surface area contributed by atoms with Gasteiger partial charge in [-0.15, -0.1) is 0 Å². The van der Waals surface area contributed by atoms with Crippen molar-refractivity contribution in [1.82, 2.24) is 4.90 Å². The molecule has 1 amide bonds. The Labute approximate surface area is 97.1 Å². The van der Waals surface area contributed by atoms with Crippen LogP contribution in [0, 0.1) is 5.41 Å². The molecule has 2 fully saturated rings. The van der Waals surface area contributed by atoms with Gasteiger partial charge < -0.3 is 15.4 Å². The summed E-state index contributed by atoms with van der Waals surface area (Å²) in [5.74, 6) is 0.0795. The molecule has 2 aliphatic rings. The zero-order valence-electron chi connectivity index (χ0n) is 10.3. The van der Waals surface area contributed by atoms with Crippen molar-refractivity contribution in [3.05, 3.63) is 0 Å². The van der Waals surface area contributed by atoms with E-state index in [2.05, 4.69) is 0 Å². The fraction of sp³-hybridized carbons (Fsp3) is 0.917. The van der Waals surface area contributed by atoms with E-state index in [1.165, 1.54) is 0 Å². The van der Waals surface area contributed by atoms with Gasteiger partial charge in [-0.2, -0.15) is 0 Å². The molecule has 92 valence electrons. The molecular formula is C12H22N2O2. The highest BCUT2D eigenvalue weighted by atomic mass is 16.5. The van der Waals surface area contributed by atoms with Gasteiger partial charge >= 0.3 is 0 Å². The molecule has 0 radical (unpaired) electrons. The van der Waals surface area contributed by atoms with E-state index in [0.29, 0.717) is 5.41 Å². The molecule has 2 saturated heterocycles. The summed E-state index contributed by atoms with van der Waals surface area (Å²) in [5.41, 5.74) is 5.44. The van der Waals surface area contributed by atoms with Crippen molar-refractivity contribution in [2.24, 2.45) is 11.1 Å². The molecule has 0 aromatic carbocycles. The van der Waals surface area contributed by atoms with Crippen LogP contribution in [0.15, 0.2) is 0 Å². The van der Waals surface area contributed by atoms with E-state index in [4.69, 9.17) is 10.5 Å². The Morgan fingerprint density at radius 2 is 1.94 bits per heavy atom. The Morgan fingerprint density at radius 1 is 1.31 bits per heavy atom. The Kier molecular flexibility index (Phi) is 2.97. The van der Waals surface area contributed by atoms with Crippen LogP contribution in [0.1, 0.15) is 33.1 Å². The molecule has 2 heterocycles. The first kappa shape index (κ1) is 11.9. The molecule has 1 spiro atoms. The highest BCUT2D eigenvalue weighted by Gasteiger charge is 2.42. The van der Waals surface area contributed by atoms with Gasteiger partial charge in [-0.25, -0.2) is 0 Å². The fourth-order valence-electron chi connectivity index (χ4n) is 2.73. The smallest absolute Gasteiger partial charge is 0.242 e. The van der Waals surface area contributed by atoms with Crippen LogP contribution in [-0.4, -0.2) is 42.6 Å². The lowest BCUT2D eigenvalue weighted by Gasteiger charge is -2.34. The number of amides is 1. The average Bonchev–Trinajstić information content (AvgIpc) is 2.61. The number of rotatable bonds is 1. The van der Waals surface area contributed by atoms with Gasteiger partial charge in [-0.1, -0.05) is 0 Å². The van der Waals surface area contributed by atoms with E-state index in [1.54, 1.807) is 13.8 Å². The van der Waals surface area contributed by atoms with Crippen molar-refractivity contribution >= 4 is 5.91 Å². The van der Waals surface area contributed by atoms with Gasteiger partial charge in [0.05, 0.1) is 5.54 Å². The minimum atomic E-state index is -0.739. The monoisotopic (exact) mass is 226 g/mol. The summed E-state index contributed by atoms with van der Waals surface area (Å²) in [6, 6.07) is 0. The molecule has 2 N–H and O–H groups in total. The summed E-state index contributed by atoms with van der Waals surface area (Å²) < 4.78 is 5.39. The van der Waals surface area contributed by atoms with Crippen molar-refractivity contribution in [3.8, 4) is 0 Å². The standard InChI is InChI=1S/C12H22N2O2/c1-11(2,13)10(15)14-6-3-12(9-14)4-7-16-8-5-12/h3-9,13H2,1-2H3. The maximum atomic E-state index is 12.1. The second-order valence-electron chi connectivity index (χ2n) is 5.81. The summed E-state index contributed by atoms with van der Waals surface area (Å²) in [7, 11) is 0. The van der Waals surface area contributed by atoms with Crippen LogP contribution >= 0.6 is 0 Å². The Balaban J connectivity index is 1.99. The molecule has 0 unspecified atom stereocenters. The third kappa shape index (κ3) is 2.23. The number of carbonyl (C=O) groups excluding carboxylic acids is 1. The van der Waals surface area contributed by atoms with E-state index in [1.807, 2.05) is 4.90 Å². The number of nitrogens with zero attached hydrogens (tertiary/aromatic N) is 1. The van der Waals surface area contributed by atoms with E-state index in [0.717, 1.165) is 45.6 Å². The maximum absolute atomic E-state index is 12.1. The lowest BCUT2D eigenvalue weighted by molar-refractivity contribution is -0.135. The molecule has 0 atom stereocenters. The van der Waals surface area contributed by atoms with Crippen molar-refractivity contribution in [3.63, 3.8) is 0 Å². The zero-order chi connectivity index (χ0) is 11.8. The molecule has 0 saturated carbocycles. The van der Waals surface area contributed by atoms with Gasteiger partial charge in [0.2, 0.25) is 5.91 Å². The number of hydrogen-bond acceptors (Lipinski definition) is 3. The molecule has 2 rings (SSSR count). The van der Waals surface area contributed by atoms with Gasteiger partial charge in [0.15, 0.2) is 0 Å². The van der Waals surface area contributed by atoms with Crippen LogP contribution < -0.4 is 5.73 Å². The van der Waals surface area contributed by atoms with Crippen LogP contribution in [-0.2, 0) is 9.53 Å². The number of hydrogen-bond donors (Lipinski definition) is 1. The van der Waals surface area contributed by atoms with E-state index in [9.17, 15) is 4.79 Å². The topological polar surface area (TPSA) is 55.6 Å². The van der Waals surface area contributed by atoms with Crippen LogP contribution in [0.2, 0.25) is 0 Å². The Bertz CT molecular complexity index is 277. The molecule has 4 nitrogen and oxygen atoms in total. The van der Waals surface area contributed by atoms with Crippen LogP contribution in [0.4, 0.5) is 0 Å². The van der Waals surface area contributed by atoms with Gasteiger partial charge in [-0.3, -0.25) is 4.79 Å². The highest BCUT2D eigenvalue weighted by Crippen LogP contribution is 2.40. The summed E-state index contributed by atoms with van der Waals surface area (Å²) in [4.78, 5) is 14.0. The van der Waals surface area contributed by atoms with Crippen LogP contribution in [0.25, 0.3) is 0 Å². The lowest BCUT2D eigenvalue weighted by atomic mass is 9.80. The van der Waals surface area contributed by atoms with Crippen LogP contribution in [0.3, 0.4) is 0 Å². The first-order valence-electron chi connectivity index (χ1n) is 6.09. The highest BCUT2D eigenvalue weighted by molar-refractivity contribution is 5.85. The minimum absolute atomic E-state index is 0.0795. The van der Waals surface area contributed by atoms with E-state index in [-0.39, 0.29) is 5.91 Å². The van der Waals surface area contributed by atoms with E-state index < -0.39 is 5.54 Å². The largest absolute Gasteiger partial charge is 0.381 e. The summed E-state index contributed by atoms with van der Waals surface area (Å²) in [6.45, 7) is 6.98. The van der Waals surface area contributed by atoms with Crippen molar-refractivity contribution in [2.45, 2.75) is 38.6 Å². The minimum Gasteiger partial charge on any atom is -0.381 e. The predicted octanol–water partition coefficient (Wildman–Crippen LogP) is 0.753.